The standard InChI is InChI=1S/C11H9Cl2N/c12-5-1-2-8-7-14-11-6-9(13)3-4-10(8)11/h1-4,6-7,14H,5H2. The van der Waals surface area contributed by atoms with E-state index in [1.54, 1.807) is 0 Å². The highest BCUT2D eigenvalue weighted by Crippen LogP contribution is 2.22. The monoisotopic (exact) mass is 225 g/mol. The second-order valence-corrected chi connectivity index (χ2v) is 3.74. The Bertz CT molecular complexity index is 471. The summed E-state index contributed by atoms with van der Waals surface area (Å²) in [5.41, 5.74) is 2.18. The van der Waals surface area contributed by atoms with Crippen LogP contribution in [0, 0.1) is 0 Å². The number of hydrogen-bond donors (Lipinski definition) is 1. The molecule has 2 rings (SSSR count). The predicted molar refractivity (Wildman–Crippen MR) is 63.1 cm³/mol. The first kappa shape index (κ1) is 9.63. The molecule has 0 unspecified atom stereocenters. The van der Waals surface area contributed by atoms with E-state index in [1.165, 1.54) is 0 Å². The van der Waals surface area contributed by atoms with E-state index in [0.717, 1.165) is 21.5 Å². The summed E-state index contributed by atoms with van der Waals surface area (Å²) in [6, 6.07) is 5.80. The van der Waals surface area contributed by atoms with Gasteiger partial charge in [0.15, 0.2) is 0 Å². The van der Waals surface area contributed by atoms with Crippen LogP contribution in [0.2, 0.25) is 5.02 Å². The zero-order valence-electron chi connectivity index (χ0n) is 7.43. The number of benzene rings is 1. The first-order valence-electron chi connectivity index (χ1n) is 4.30. The molecule has 0 aliphatic heterocycles. The topological polar surface area (TPSA) is 15.8 Å². The number of halogens is 2. The van der Waals surface area contributed by atoms with Crippen molar-refractivity contribution in [1.29, 1.82) is 0 Å². The molecule has 1 N–H and O–H groups in total. The zero-order chi connectivity index (χ0) is 9.97. The number of H-pyrrole nitrogens is 1. The molecule has 0 saturated heterocycles. The van der Waals surface area contributed by atoms with Crippen LogP contribution in [-0.2, 0) is 0 Å². The van der Waals surface area contributed by atoms with Gasteiger partial charge in [0.2, 0.25) is 0 Å². The van der Waals surface area contributed by atoms with Gasteiger partial charge in [0, 0.05) is 28.0 Å². The number of aromatic amines is 1. The minimum atomic E-state index is 0.528. The average molecular weight is 226 g/mol. The van der Waals surface area contributed by atoms with Gasteiger partial charge in [-0.15, -0.1) is 11.6 Å². The lowest BCUT2D eigenvalue weighted by Crippen LogP contribution is -1.69. The molecular formula is C11H9Cl2N. The molecule has 0 amide bonds. The van der Waals surface area contributed by atoms with Crippen LogP contribution in [-0.4, -0.2) is 10.9 Å². The SMILES string of the molecule is ClCC=Cc1c[nH]c2cc(Cl)ccc12. The fourth-order valence-corrected chi connectivity index (χ4v) is 1.69. The summed E-state index contributed by atoms with van der Waals surface area (Å²) < 4.78 is 0. The Labute approximate surface area is 92.3 Å². The molecular weight excluding hydrogens is 217 g/mol. The molecule has 0 aliphatic rings. The first-order valence-corrected chi connectivity index (χ1v) is 5.21. The Morgan fingerprint density at radius 3 is 3.00 bits per heavy atom. The van der Waals surface area contributed by atoms with Gasteiger partial charge in [0.25, 0.3) is 0 Å². The molecule has 2 aromatic rings. The average Bonchev–Trinajstić information content (AvgIpc) is 2.57. The molecule has 1 aromatic heterocycles. The van der Waals surface area contributed by atoms with Crippen molar-refractivity contribution >= 4 is 40.2 Å². The van der Waals surface area contributed by atoms with Crippen LogP contribution < -0.4 is 0 Å². The highest BCUT2D eigenvalue weighted by atomic mass is 35.5. The van der Waals surface area contributed by atoms with Crippen LogP contribution in [0.5, 0.6) is 0 Å². The van der Waals surface area contributed by atoms with Crippen molar-refractivity contribution in [2.75, 3.05) is 5.88 Å². The van der Waals surface area contributed by atoms with Gasteiger partial charge in [-0.05, 0) is 17.7 Å². The Morgan fingerprint density at radius 1 is 1.36 bits per heavy atom. The number of aromatic nitrogens is 1. The molecule has 14 heavy (non-hydrogen) atoms. The number of hydrogen-bond acceptors (Lipinski definition) is 0. The minimum absolute atomic E-state index is 0.528. The van der Waals surface area contributed by atoms with E-state index in [9.17, 15) is 0 Å². The van der Waals surface area contributed by atoms with E-state index in [0.29, 0.717) is 5.88 Å². The molecule has 0 aliphatic carbocycles. The van der Waals surface area contributed by atoms with Crippen molar-refractivity contribution in [3.8, 4) is 0 Å². The number of allylic oxidation sites excluding steroid dienone is 1. The molecule has 0 saturated carbocycles. The maximum absolute atomic E-state index is 5.87. The number of alkyl halides is 1. The maximum atomic E-state index is 5.87. The van der Waals surface area contributed by atoms with E-state index in [1.807, 2.05) is 36.5 Å². The Morgan fingerprint density at radius 2 is 2.21 bits per heavy atom. The molecule has 0 radical (unpaired) electrons. The third-order valence-corrected chi connectivity index (χ3v) is 2.48. The Kier molecular flexibility index (Phi) is 2.80. The lowest BCUT2D eigenvalue weighted by atomic mass is 10.2. The molecule has 72 valence electrons. The summed E-state index contributed by atoms with van der Waals surface area (Å²) in [5, 5.41) is 1.91. The van der Waals surface area contributed by atoms with Crippen LogP contribution in [0.1, 0.15) is 5.56 Å². The number of rotatable bonds is 2. The van der Waals surface area contributed by atoms with Crippen LogP contribution in [0.15, 0.2) is 30.5 Å². The molecule has 0 spiro atoms. The lowest BCUT2D eigenvalue weighted by molar-refractivity contribution is 1.47. The van der Waals surface area contributed by atoms with Crippen molar-refractivity contribution in [3.05, 3.63) is 41.1 Å². The van der Waals surface area contributed by atoms with E-state index >= 15 is 0 Å². The molecule has 0 atom stereocenters. The fourth-order valence-electron chi connectivity index (χ4n) is 1.43. The van der Waals surface area contributed by atoms with Gasteiger partial charge in [0.05, 0.1) is 0 Å². The first-order chi connectivity index (χ1) is 6.81. The van der Waals surface area contributed by atoms with Gasteiger partial charge in [0.1, 0.15) is 0 Å². The normalized spacial score (nSPS) is 11.6. The van der Waals surface area contributed by atoms with Gasteiger partial charge < -0.3 is 4.98 Å². The van der Waals surface area contributed by atoms with Crippen LogP contribution >= 0.6 is 23.2 Å². The minimum Gasteiger partial charge on any atom is -0.361 e. The van der Waals surface area contributed by atoms with Crippen molar-refractivity contribution in [2.45, 2.75) is 0 Å². The van der Waals surface area contributed by atoms with Gasteiger partial charge >= 0.3 is 0 Å². The third-order valence-electron chi connectivity index (χ3n) is 2.06. The zero-order valence-corrected chi connectivity index (χ0v) is 8.94. The molecule has 1 aromatic carbocycles. The Balaban J connectivity index is 2.53. The fraction of sp³-hybridized carbons (Fsp3) is 0.0909. The number of nitrogens with one attached hydrogen (secondary N) is 1. The lowest BCUT2D eigenvalue weighted by Gasteiger charge is -1.92. The van der Waals surface area contributed by atoms with Gasteiger partial charge in [-0.25, -0.2) is 0 Å². The summed E-state index contributed by atoms with van der Waals surface area (Å²) in [6.07, 6.45) is 5.86. The van der Waals surface area contributed by atoms with Crippen molar-refractivity contribution in [1.82, 2.24) is 4.98 Å². The number of fused-ring (bicyclic) bond motifs is 1. The largest absolute Gasteiger partial charge is 0.361 e. The molecule has 3 heteroatoms. The van der Waals surface area contributed by atoms with E-state index in [-0.39, 0.29) is 0 Å². The van der Waals surface area contributed by atoms with E-state index in [2.05, 4.69) is 4.98 Å². The second kappa shape index (κ2) is 4.07. The summed E-state index contributed by atoms with van der Waals surface area (Å²) in [7, 11) is 0. The van der Waals surface area contributed by atoms with Crippen LogP contribution in [0.4, 0.5) is 0 Å². The van der Waals surface area contributed by atoms with E-state index < -0.39 is 0 Å². The van der Waals surface area contributed by atoms with Crippen molar-refractivity contribution < 1.29 is 0 Å². The second-order valence-electron chi connectivity index (χ2n) is 2.99. The van der Waals surface area contributed by atoms with Crippen molar-refractivity contribution in [2.24, 2.45) is 0 Å². The third kappa shape index (κ3) is 1.79. The molecule has 0 fully saturated rings. The predicted octanol–water partition coefficient (Wildman–Crippen LogP) is 4.07. The molecule has 1 nitrogen and oxygen atoms in total. The van der Waals surface area contributed by atoms with Crippen molar-refractivity contribution in [3.63, 3.8) is 0 Å². The van der Waals surface area contributed by atoms with Gasteiger partial charge in [-0.1, -0.05) is 29.8 Å². The Hall–Kier alpha value is -0.920. The summed E-state index contributed by atoms with van der Waals surface area (Å²) in [6.45, 7) is 0. The summed E-state index contributed by atoms with van der Waals surface area (Å²) in [4.78, 5) is 3.16. The van der Waals surface area contributed by atoms with E-state index in [4.69, 9.17) is 23.2 Å². The summed E-state index contributed by atoms with van der Waals surface area (Å²) >= 11 is 11.4. The molecule has 0 bridgehead atoms. The highest BCUT2D eigenvalue weighted by molar-refractivity contribution is 6.31. The van der Waals surface area contributed by atoms with Gasteiger partial charge in [-0.2, -0.15) is 0 Å². The van der Waals surface area contributed by atoms with Crippen LogP contribution in [0.25, 0.3) is 17.0 Å². The summed E-state index contributed by atoms with van der Waals surface area (Å²) in [5.74, 6) is 0.528. The van der Waals surface area contributed by atoms with Crippen LogP contribution in [0.3, 0.4) is 0 Å². The maximum Gasteiger partial charge on any atom is 0.0475 e. The van der Waals surface area contributed by atoms with Gasteiger partial charge in [-0.3, -0.25) is 0 Å². The quantitative estimate of drug-likeness (QED) is 0.742. The smallest absolute Gasteiger partial charge is 0.0475 e. The highest BCUT2D eigenvalue weighted by Gasteiger charge is 2.00. The molecule has 1 heterocycles.